The summed E-state index contributed by atoms with van der Waals surface area (Å²) in [5.41, 5.74) is 1.28. The van der Waals surface area contributed by atoms with Crippen molar-refractivity contribution >= 4 is 6.21 Å². The predicted octanol–water partition coefficient (Wildman–Crippen LogP) is 1.45. The molecule has 2 atom stereocenters. The maximum absolute atomic E-state index is 5.69. The zero-order chi connectivity index (χ0) is 9.97. The molecular weight excluding hydrogens is 176 g/mol. The van der Waals surface area contributed by atoms with Gasteiger partial charge < -0.3 is 9.64 Å². The summed E-state index contributed by atoms with van der Waals surface area (Å²) in [5.74, 6) is 0. The Kier molecular flexibility index (Phi) is 2.87. The zero-order valence-corrected chi connectivity index (χ0v) is 8.94. The van der Waals surface area contributed by atoms with Crippen molar-refractivity contribution in [2.24, 2.45) is 4.99 Å². The first kappa shape index (κ1) is 9.71. The van der Waals surface area contributed by atoms with Gasteiger partial charge in [0.25, 0.3) is 0 Å². The molecular formula is C11H18N2O. The smallest absolute Gasteiger partial charge is 0.0726 e. The van der Waals surface area contributed by atoms with E-state index < -0.39 is 0 Å². The highest BCUT2D eigenvalue weighted by molar-refractivity contribution is 5.78. The lowest BCUT2D eigenvalue weighted by Gasteiger charge is -2.37. The predicted molar refractivity (Wildman–Crippen MR) is 57.6 cm³/mol. The molecule has 3 heteroatoms. The van der Waals surface area contributed by atoms with E-state index in [-0.39, 0.29) is 0 Å². The summed E-state index contributed by atoms with van der Waals surface area (Å²) in [6.07, 6.45) is 6.00. The van der Waals surface area contributed by atoms with Gasteiger partial charge in [-0.25, -0.2) is 0 Å². The van der Waals surface area contributed by atoms with Crippen molar-refractivity contribution in [3.8, 4) is 0 Å². The Bertz CT molecular complexity index is 250. The van der Waals surface area contributed by atoms with E-state index in [9.17, 15) is 0 Å². The fourth-order valence-electron chi connectivity index (χ4n) is 2.10. The number of hydrogen-bond donors (Lipinski definition) is 0. The number of ether oxygens (including phenoxy) is 1. The minimum absolute atomic E-state index is 0.329. The summed E-state index contributed by atoms with van der Waals surface area (Å²) in [4.78, 5) is 6.68. The van der Waals surface area contributed by atoms with Crippen LogP contribution in [0.15, 0.2) is 16.8 Å². The Hall–Kier alpha value is -0.830. The van der Waals surface area contributed by atoms with Gasteiger partial charge in [0.05, 0.1) is 17.9 Å². The van der Waals surface area contributed by atoms with Crippen LogP contribution in [0.25, 0.3) is 0 Å². The number of dihydropyridines is 1. The van der Waals surface area contributed by atoms with Crippen molar-refractivity contribution in [2.45, 2.75) is 32.5 Å². The maximum atomic E-state index is 5.69. The maximum Gasteiger partial charge on any atom is 0.0726 e. The summed E-state index contributed by atoms with van der Waals surface area (Å²) < 4.78 is 5.69. The van der Waals surface area contributed by atoms with Gasteiger partial charge in [-0.2, -0.15) is 0 Å². The van der Waals surface area contributed by atoms with Crippen LogP contribution < -0.4 is 0 Å². The molecule has 2 aliphatic heterocycles. The lowest BCUT2D eigenvalue weighted by atomic mass is 10.2. The first-order chi connectivity index (χ1) is 6.75. The molecule has 2 aliphatic rings. The van der Waals surface area contributed by atoms with Crippen molar-refractivity contribution in [1.29, 1.82) is 0 Å². The van der Waals surface area contributed by atoms with Gasteiger partial charge in [-0.15, -0.1) is 0 Å². The van der Waals surface area contributed by atoms with E-state index in [0.717, 1.165) is 26.1 Å². The normalized spacial score (nSPS) is 33.0. The Morgan fingerprint density at radius 3 is 2.64 bits per heavy atom. The van der Waals surface area contributed by atoms with Crippen LogP contribution in [0, 0.1) is 0 Å². The summed E-state index contributed by atoms with van der Waals surface area (Å²) in [7, 11) is 0. The topological polar surface area (TPSA) is 24.8 Å². The van der Waals surface area contributed by atoms with Crippen LogP contribution in [0.5, 0.6) is 0 Å². The average molecular weight is 194 g/mol. The van der Waals surface area contributed by atoms with Gasteiger partial charge in [0, 0.05) is 25.8 Å². The fraction of sp³-hybridized carbons (Fsp3) is 0.727. The zero-order valence-electron chi connectivity index (χ0n) is 8.94. The van der Waals surface area contributed by atoms with Gasteiger partial charge in [-0.05, 0) is 20.3 Å². The second-order valence-corrected chi connectivity index (χ2v) is 4.12. The lowest BCUT2D eigenvalue weighted by molar-refractivity contribution is -0.0560. The van der Waals surface area contributed by atoms with Gasteiger partial charge in [-0.3, -0.25) is 4.99 Å². The van der Waals surface area contributed by atoms with Gasteiger partial charge >= 0.3 is 0 Å². The second kappa shape index (κ2) is 4.13. The molecule has 14 heavy (non-hydrogen) atoms. The van der Waals surface area contributed by atoms with Crippen molar-refractivity contribution in [1.82, 2.24) is 4.90 Å². The summed E-state index contributed by atoms with van der Waals surface area (Å²) in [6, 6.07) is 0. The highest BCUT2D eigenvalue weighted by Gasteiger charge is 2.23. The molecule has 2 rings (SSSR count). The quantitative estimate of drug-likeness (QED) is 0.631. The number of hydrogen-bond acceptors (Lipinski definition) is 3. The number of allylic oxidation sites excluding steroid dienone is 1. The summed E-state index contributed by atoms with van der Waals surface area (Å²) in [6.45, 7) is 7.18. The van der Waals surface area contributed by atoms with E-state index in [0.29, 0.717) is 12.2 Å². The van der Waals surface area contributed by atoms with Crippen molar-refractivity contribution in [3.63, 3.8) is 0 Å². The van der Waals surface area contributed by atoms with Gasteiger partial charge in [0.2, 0.25) is 0 Å². The van der Waals surface area contributed by atoms with Crippen LogP contribution in [-0.2, 0) is 4.74 Å². The average Bonchev–Trinajstić information content (AvgIpc) is 2.18. The van der Waals surface area contributed by atoms with Crippen LogP contribution in [0.4, 0.5) is 0 Å². The van der Waals surface area contributed by atoms with Crippen LogP contribution in [0.3, 0.4) is 0 Å². The van der Waals surface area contributed by atoms with E-state index in [1.807, 2.05) is 6.21 Å². The highest BCUT2D eigenvalue weighted by atomic mass is 16.5. The first-order valence-electron chi connectivity index (χ1n) is 5.36. The molecule has 78 valence electrons. The molecule has 1 fully saturated rings. The van der Waals surface area contributed by atoms with Crippen molar-refractivity contribution in [2.75, 3.05) is 19.6 Å². The molecule has 0 N–H and O–H groups in total. The Morgan fingerprint density at radius 2 is 2.07 bits per heavy atom. The minimum atomic E-state index is 0.329. The Labute approximate surface area is 85.5 Å². The second-order valence-electron chi connectivity index (χ2n) is 4.12. The van der Waals surface area contributed by atoms with Gasteiger partial charge in [-0.1, -0.05) is 6.08 Å². The van der Waals surface area contributed by atoms with Crippen LogP contribution in [0.1, 0.15) is 20.3 Å². The van der Waals surface area contributed by atoms with E-state index in [2.05, 4.69) is 29.8 Å². The molecule has 0 aromatic carbocycles. The summed E-state index contributed by atoms with van der Waals surface area (Å²) >= 11 is 0. The highest BCUT2D eigenvalue weighted by Crippen LogP contribution is 2.16. The Balaban J connectivity index is 2.02. The molecule has 0 radical (unpaired) electrons. The molecule has 1 saturated heterocycles. The first-order valence-corrected chi connectivity index (χ1v) is 5.36. The molecule has 0 aliphatic carbocycles. The van der Waals surface area contributed by atoms with Crippen molar-refractivity contribution in [3.05, 3.63) is 11.8 Å². The monoisotopic (exact) mass is 194 g/mol. The van der Waals surface area contributed by atoms with E-state index in [4.69, 9.17) is 4.74 Å². The van der Waals surface area contributed by atoms with E-state index in [1.165, 1.54) is 5.70 Å². The van der Waals surface area contributed by atoms with E-state index >= 15 is 0 Å². The molecule has 0 spiro atoms. The molecule has 3 nitrogen and oxygen atoms in total. The summed E-state index contributed by atoms with van der Waals surface area (Å²) in [5, 5.41) is 0. The third kappa shape index (κ3) is 2.15. The lowest BCUT2D eigenvalue weighted by Crippen LogP contribution is -2.45. The number of aliphatic imine (C=N–C) groups is 1. The SMILES string of the molecule is C[C@@H]1CN(C2=CCCN=C2)C[C@H](C)O1. The molecule has 2 heterocycles. The molecule has 0 saturated carbocycles. The largest absolute Gasteiger partial charge is 0.372 e. The number of rotatable bonds is 1. The number of morpholine rings is 1. The van der Waals surface area contributed by atoms with Gasteiger partial charge in [0.1, 0.15) is 0 Å². The molecule has 0 unspecified atom stereocenters. The van der Waals surface area contributed by atoms with Crippen LogP contribution in [0.2, 0.25) is 0 Å². The van der Waals surface area contributed by atoms with Crippen LogP contribution >= 0.6 is 0 Å². The molecule has 0 bridgehead atoms. The standard InChI is InChI=1S/C11H18N2O/c1-9-7-13(8-10(2)14-9)11-4-3-5-12-6-11/h4,6,9-10H,3,5,7-8H2,1-2H3/t9-,10+. The molecule has 0 aromatic heterocycles. The molecule has 0 amide bonds. The molecule has 0 aromatic rings. The third-order valence-corrected chi connectivity index (χ3v) is 2.62. The van der Waals surface area contributed by atoms with Crippen LogP contribution in [-0.4, -0.2) is 43.0 Å². The van der Waals surface area contributed by atoms with Crippen molar-refractivity contribution < 1.29 is 4.74 Å². The van der Waals surface area contributed by atoms with Gasteiger partial charge in [0.15, 0.2) is 0 Å². The number of nitrogens with zero attached hydrogens (tertiary/aromatic N) is 2. The fourth-order valence-corrected chi connectivity index (χ4v) is 2.10. The Morgan fingerprint density at radius 1 is 1.36 bits per heavy atom. The van der Waals surface area contributed by atoms with E-state index in [1.54, 1.807) is 0 Å². The third-order valence-electron chi connectivity index (χ3n) is 2.62. The minimum Gasteiger partial charge on any atom is -0.372 e.